The molecule has 2 rings (SSSR count). The molecule has 0 aromatic carbocycles. The van der Waals surface area contributed by atoms with E-state index >= 15 is 0 Å². The van der Waals surface area contributed by atoms with Gasteiger partial charge in [-0.3, -0.25) is 0 Å². The molecule has 0 bridgehead atoms. The van der Waals surface area contributed by atoms with Gasteiger partial charge in [-0.15, -0.1) is 0 Å². The van der Waals surface area contributed by atoms with Crippen LogP contribution in [0.25, 0.3) is 0 Å². The summed E-state index contributed by atoms with van der Waals surface area (Å²) in [6, 6.07) is 4.74. The number of furan rings is 1. The van der Waals surface area contributed by atoms with Crippen LogP contribution >= 0.6 is 0 Å². The minimum absolute atomic E-state index is 0.699. The largest absolute Gasteiger partial charge is 0.469 e. The first-order valence-corrected chi connectivity index (χ1v) is 5.10. The zero-order chi connectivity index (χ0) is 9.10. The van der Waals surface area contributed by atoms with Crippen LogP contribution in [0.5, 0.6) is 0 Å². The summed E-state index contributed by atoms with van der Waals surface area (Å²) < 4.78 is 5.36. The molecule has 0 saturated heterocycles. The zero-order valence-corrected chi connectivity index (χ0v) is 8.12. The van der Waals surface area contributed by atoms with E-state index in [1.165, 1.54) is 19.3 Å². The average molecular weight is 179 g/mol. The lowest BCUT2D eigenvalue weighted by molar-refractivity contribution is 0.384. The smallest absolute Gasteiger partial charge is 0.104 e. The van der Waals surface area contributed by atoms with E-state index in [0.29, 0.717) is 6.04 Å². The van der Waals surface area contributed by atoms with Crippen molar-refractivity contribution < 1.29 is 4.42 Å². The summed E-state index contributed by atoms with van der Waals surface area (Å²) >= 11 is 0. The molecule has 1 aliphatic rings. The first-order chi connectivity index (χ1) is 6.40. The van der Waals surface area contributed by atoms with Gasteiger partial charge < -0.3 is 9.73 Å². The highest BCUT2D eigenvalue weighted by Crippen LogP contribution is 2.28. The minimum atomic E-state index is 0.699. The molecule has 0 amide bonds. The molecule has 1 aliphatic carbocycles. The Morgan fingerprint density at radius 1 is 1.54 bits per heavy atom. The van der Waals surface area contributed by atoms with Crippen LogP contribution in [0.15, 0.2) is 22.8 Å². The minimum Gasteiger partial charge on any atom is -0.469 e. The first-order valence-electron chi connectivity index (χ1n) is 5.10. The SMILES string of the molecule is CNC1CCCC1Cc1ccco1. The predicted molar refractivity (Wildman–Crippen MR) is 52.6 cm³/mol. The third-order valence-corrected chi connectivity index (χ3v) is 3.07. The third-order valence-electron chi connectivity index (χ3n) is 3.07. The monoisotopic (exact) mass is 179 g/mol. The summed E-state index contributed by atoms with van der Waals surface area (Å²) in [7, 11) is 2.06. The van der Waals surface area contributed by atoms with E-state index in [9.17, 15) is 0 Å². The fourth-order valence-corrected chi connectivity index (χ4v) is 2.35. The van der Waals surface area contributed by atoms with E-state index < -0.39 is 0 Å². The Labute approximate surface area is 79.3 Å². The summed E-state index contributed by atoms with van der Waals surface area (Å²) in [6.07, 6.45) is 6.88. The molecule has 2 nitrogen and oxygen atoms in total. The molecule has 13 heavy (non-hydrogen) atoms. The number of hydrogen-bond acceptors (Lipinski definition) is 2. The average Bonchev–Trinajstić information content (AvgIpc) is 2.76. The summed E-state index contributed by atoms with van der Waals surface area (Å²) in [6.45, 7) is 0. The van der Waals surface area contributed by atoms with Gasteiger partial charge in [-0.25, -0.2) is 0 Å². The van der Waals surface area contributed by atoms with Crippen molar-refractivity contribution in [3.63, 3.8) is 0 Å². The van der Waals surface area contributed by atoms with Crippen molar-refractivity contribution in [1.29, 1.82) is 0 Å². The molecular formula is C11H17NO. The molecule has 1 N–H and O–H groups in total. The van der Waals surface area contributed by atoms with Crippen LogP contribution < -0.4 is 5.32 Å². The maximum Gasteiger partial charge on any atom is 0.104 e. The Hall–Kier alpha value is -0.760. The van der Waals surface area contributed by atoms with Crippen molar-refractivity contribution in [1.82, 2.24) is 5.32 Å². The van der Waals surface area contributed by atoms with Crippen molar-refractivity contribution in [2.75, 3.05) is 7.05 Å². The summed E-state index contributed by atoms with van der Waals surface area (Å²) in [5, 5.41) is 3.38. The lowest BCUT2D eigenvalue weighted by Gasteiger charge is -2.17. The van der Waals surface area contributed by atoms with Crippen LogP contribution in [0, 0.1) is 5.92 Å². The van der Waals surface area contributed by atoms with E-state index in [2.05, 4.69) is 18.4 Å². The van der Waals surface area contributed by atoms with Crippen molar-refractivity contribution in [3.05, 3.63) is 24.2 Å². The fourth-order valence-electron chi connectivity index (χ4n) is 2.35. The molecule has 0 radical (unpaired) electrons. The van der Waals surface area contributed by atoms with Crippen LogP contribution in [-0.4, -0.2) is 13.1 Å². The lowest BCUT2D eigenvalue weighted by Crippen LogP contribution is -2.29. The van der Waals surface area contributed by atoms with Gasteiger partial charge in [0.2, 0.25) is 0 Å². The molecular weight excluding hydrogens is 162 g/mol. The van der Waals surface area contributed by atoms with Gasteiger partial charge >= 0.3 is 0 Å². The van der Waals surface area contributed by atoms with E-state index in [-0.39, 0.29) is 0 Å². The quantitative estimate of drug-likeness (QED) is 0.769. The van der Waals surface area contributed by atoms with Crippen molar-refractivity contribution in [3.8, 4) is 0 Å². The molecule has 72 valence electrons. The van der Waals surface area contributed by atoms with Crippen LogP contribution in [-0.2, 0) is 6.42 Å². The molecule has 1 aromatic heterocycles. The topological polar surface area (TPSA) is 25.2 Å². The molecule has 2 unspecified atom stereocenters. The highest BCUT2D eigenvalue weighted by atomic mass is 16.3. The van der Waals surface area contributed by atoms with Gasteiger partial charge in [0.05, 0.1) is 6.26 Å². The highest BCUT2D eigenvalue weighted by molar-refractivity contribution is 5.01. The molecule has 1 aromatic rings. The van der Waals surface area contributed by atoms with Gasteiger partial charge in [0.25, 0.3) is 0 Å². The first kappa shape index (κ1) is 8.82. The van der Waals surface area contributed by atoms with Crippen LogP contribution in [0.2, 0.25) is 0 Å². The standard InChI is InChI=1S/C11H17NO/c1-12-11-6-2-4-9(11)8-10-5-3-7-13-10/h3,5,7,9,11-12H,2,4,6,8H2,1H3. The maximum atomic E-state index is 5.36. The number of hydrogen-bond donors (Lipinski definition) is 1. The summed E-state index contributed by atoms with van der Waals surface area (Å²) in [4.78, 5) is 0. The molecule has 1 fully saturated rings. The van der Waals surface area contributed by atoms with Gasteiger partial charge in [-0.1, -0.05) is 6.42 Å². The Morgan fingerprint density at radius 3 is 3.15 bits per heavy atom. The predicted octanol–water partition coefficient (Wildman–Crippen LogP) is 2.21. The van der Waals surface area contributed by atoms with E-state index in [1.807, 2.05) is 6.07 Å². The van der Waals surface area contributed by atoms with Crippen LogP contribution in [0.1, 0.15) is 25.0 Å². The van der Waals surface area contributed by atoms with E-state index in [4.69, 9.17) is 4.42 Å². The Bertz CT molecular complexity index is 243. The summed E-state index contributed by atoms with van der Waals surface area (Å²) in [5.41, 5.74) is 0. The number of rotatable bonds is 3. The molecule has 0 aliphatic heterocycles. The van der Waals surface area contributed by atoms with Crippen molar-refractivity contribution >= 4 is 0 Å². The Balaban J connectivity index is 1.94. The Morgan fingerprint density at radius 2 is 2.46 bits per heavy atom. The molecule has 1 heterocycles. The number of nitrogens with one attached hydrogen (secondary N) is 1. The third kappa shape index (κ3) is 1.94. The second-order valence-electron chi connectivity index (χ2n) is 3.87. The molecule has 2 heteroatoms. The maximum absolute atomic E-state index is 5.36. The van der Waals surface area contributed by atoms with Gasteiger partial charge in [0.1, 0.15) is 5.76 Å². The normalized spacial score (nSPS) is 28.1. The van der Waals surface area contributed by atoms with Gasteiger partial charge in [0.15, 0.2) is 0 Å². The summed E-state index contributed by atoms with van der Waals surface area (Å²) in [5.74, 6) is 1.91. The fraction of sp³-hybridized carbons (Fsp3) is 0.636. The molecule has 0 spiro atoms. The van der Waals surface area contributed by atoms with Crippen LogP contribution in [0.3, 0.4) is 0 Å². The van der Waals surface area contributed by atoms with Gasteiger partial charge in [-0.2, -0.15) is 0 Å². The molecule has 2 atom stereocenters. The second-order valence-corrected chi connectivity index (χ2v) is 3.87. The van der Waals surface area contributed by atoms with Crippen molar-refractivity contribution in [2.24, 2.45) is 5.92 Å². The molecule has 1 saturated carbocycles. The zero-order valence-electron chi connectivity index (χ0n) is 8.12. The van der Waals surface area contributed by atoms with Crippen molar-refractivity contribution in [2.45, 2.75) is 31.7 Å². The second kappa shape index (κ2) is 3.97. The van der Waals surface area contributed by atoms with Crippen LogP contribution in [0.4, 0.5) is 0 Å². The Kier molecular flexibility index (Phi) is 2.69. The van der Waals surface area contributed by atoms with E-state index in [0.717, 1.165) is 18.1 Å². The highest BCUT2D eigenvalue weighted by Gasteiger charge is 2.26. The van der Waals surface area contributed by atoms with Gasteiger partial charge in [-0.05, 0) is 37.9 Å². The lowest BCUT2D eigenvalue weighted by atomic mass is 9.98. The van der Waals surface area contributed by atoms with Gasteiger partial charge in [0, 0.05) is 12.5 Å². The van der Waals surface area contributed by atoms with E-state index in [1.54, 1.807) is 6.26 Å².